The van der Waals surface area contributed by atoms with E-state index in [9.17, 15) is 0 Å². The largest absolute Gasteiger partial charge is 0.383 e. The highest BCUT2D eigenvalue weighted by atomic mass is 16.5. The number of ether oxygens (including phenoxy) is 1. The zero-order valence-corrected chi connectivity index (χ0v) is 11.7. The molecule has 106 valence electrons. The van der Waals surface area contributed by atoms with Crippen LogP contribution in [0.5, 0.6) is 0 Å². The first-order valence-corrected chi connectivity index (χ1v) is 7.31. The number of anilines is 1. The van der Waals surface area contributed by atoms with Gasteiger partial charge in [0.25, 0.3) is 0 Å². The Balaban J connectivity index is 1.52. The molecule has 0 bridgehead atoms. The van der Waals surface area contributed by atoms with Crippen molar-refractivity contribution in [1.29, 1.82) is 0 Å². The minimum atomic E-state index is 0.876. The van der Waals surface area contributed by atoms with Crippen molar-refractivity contribution in [2.75, 3.05) is 44.7 Å². The topological polar surface area (TPSA) is 37.4 Å². The second-order valence-corrected chi connectivity index (χ2v) is 5.12. The van der Waals surface area contributed by atoms with Crippen molar-refractivity contribution in [3.05, 3.63) is 36.5 Å². The Bertz CT molecular complexity index is 547. The van der Waals surface area contributed by atoms with Gasteiger partial charge in [0.2, 0.25) is 0 Å². The molecular weight excluding hydrogens is 250 g/mol. The predicted octanol–water partition coefficient (Wildman–Crippen LogP) is 2.37. The van der Waals surface area contributed by atoms with Crippen LogP contribution in [0.3, 0.4) is 0 Å². The maximum atomic E-state index is 5.36. The molecule has 1 aromatic carbocycles. The van der Waals surface area contributed by atoms with Crippen molar-refractivity contribution in [2.45, 2.75) is 6.42 Å². The molecule has 1 saturated heterocycles. The van der Waals surface area contributed by atoms with Crippen molar-refractivity contribution in [1.82, 2.24) is 9.88 Å². The fourth-order valence-electron chi connectivity index (χ4n) is 2.60. The van der Waals surface area contributed by atoms with Gasteiger partial charge in [-0.2, -0.15) is 0 Å². The van der Waals surface area contributed by atoms with E-state index in [-0.39, 0.29) is 0 Å². The third-order valence-corrected chi connectivity index (χ3v) is 3.70. The van der Waals surface area contributed by atoms with E-state index in [1.807, 2.05) is 12.3 Å². The lowest BCUT2D eigenvalue weighted by molar-refractivity contribution is 0.0378. The molecule has 1 N–H and O–H groups in total. The van der Waals surface area contributed by atoms with Crippen LogP contribution in [0.2, 0.25) is 0 Å². The van der Waals surface area contributed by atoms with E-state index in [4.69, 9.17) is 4.74 Å². The van der Waals surface area contributed by atoms with Crippen molar-refractivity contribution >= 4 is 16.6 Å². The molecule has 0 amide bonds. The van der Waals surface area contributed by atoms with Crippen LogP contribution < -0.4 is 5.32 Å². The zero-order valence-electron chi connectivity index (χ0n) is 11.7. The molecule has 0 saturated carbocycles. The van der Waals surface area contributed by atoms with E-state index >= 15 is 0 Å². The first-order chi connectivity index (χ1) is 9.93. The zero-order chi connectivity index (χ0) is 13.6. The number of nitrogens with zero attached hydrogens (tertiary/aromatic N) is 2. The molecule has 0 unspecified atom stereocenters. The number of fused-ring (bicyclic) bond motifs is 1. The number of benzene rings is 1. The molecular formula is C16H21N3O. The van der Waals surface area contributed by atoms with Crippen molar-refractivity contribution < 1.29 is 4.74 Å². The summed E-state index contributed by atoms with van der Waals surface area (Å²) in [5, 5.41) is 4.69. The van der Waals surface area contributed by atoms with E-state index in [1.165, 1.54) is 5.39 Å². The Kier molecular flexibility index (Phi) is 4.46. The molecule has 1 aliphatic rings. The highest BCUT2D eigenvalue weighted by molar-refractivity contribution is 5.90. The summed E-state index contributed by atoms with van der Waals surface area (Å²) < 4.78 is 5.36. The lowest BCUT2D eigenvalue weighted by atomic mass is 10.2. The highest BCUT2D eigenvalue weighted by Gasteiger charge is 2.09. The molecule has 3 rings (SSSR count). The number of hydrogen-bond acceptors (Lipinski definition) is 4. The van der Waals surface area contributed by atoms with E-state index in [2.05, 4.69) is 39.5 Å². The fraction of sp³-hybridized carbons (Fsp3) is 0.438. The Hall–Kier alpha value is -1.65. The first-order valence-electron chi connectivity index (χ1n) is 7.31. The molecule has 1 aliphatic heterocycles. The summed E-state index contributed by atoms with van der Waals surface area (Å²) in [6, 6.07) is 10.4. The van der Waals surface area contributed by atoms with Gasteiger partial charge in [-0.3, -0.25) is 9.88 Å². The average molecular weight is 271 g/mol. The summed E-state index contributed by atoms with van der Waals surface area (Å²) in [7, 11) is 0. The molecule has 0 atom stereocenters. The number of hydrogen-bond donors (Lipinski definition) is 1. The molecule has 0 radical (unpaired) electrons. The number of para-hydroxylation sites is 1. The highest BCUT2D eigenvalue weighted by Crippen LogP contribution is 2.20. The minimum absolute atomic E-state index is 0.876. The molecule has 0 spiro atoms. The number of nitrogens with one attached hydrogen (secondary N) is 1. The van der Waals surface area contributed by atoms with Gasteiger partial charge >= 0.3 is 0 Å². The average Bonchev–Trinajstić information content (AvgIpc) is 2.53. The summed E-state index contributed by atoms with van der Waals surface area (Å²) in [5.41, 5.74) is 2.19. The summed E-state index contributed by atoms with van der Waals surface area (Å²) in [4.78, 5) is 6.93. The molecule has 2 aromatic rings. The Morgan fingerprint density at radius 3 is 2.90 bits per heavy atom. The summed E-state index contributed by atoms with van der Waals surface area (Å²) in [6.45, 7) is 5.99. The van der Waals surface area contributed by atoms with Crippen LogP contribution >= 0.6 is 0 Å². The standard InChI is InChI=1S/C16H21N3O/c1-4-14-5-2-7-18-16(14)15(6-1)17-8-3-9-19-10-12-20-13-11-19/h1-2,4-7,17H,3,8-13H2. The smallest absolute Gasteiger partial charge is 0.0933 e. The van der Waals surface area contributed by atoms with E-state index in [0.717, 1.165) is 57.0 Å². The van der Waals surface area contributed by atoms with Crippen LogP contribution in [0.25, 0.3) is 10.9 Å². The Morgan fingerprint density at radius 2 is 2.00 bits per heavy atom. The van der Waals surface area contributed by atoms with Crippen LogP contribution in [-0.2, 0) is 4.74 Å². The second-order valence-electron chi connectivity index (χ2n) is 5.12. The number of morpholine rings is 1. The van der Waals surface area contributed by atoms with Gasteiger partial charge in [-0.1, -0.05) is 18.2 Å². The van der Waals surface area contributed by atoms with Gasteiger partial charge in [0.05, 0.1) is 24.4 Å². The van der Waals surface area contributed by atoms with Crippen LogP contribution in [0.1, 0.15) is 6.42 Å². The molecule has 2 heterocycles. The summed E-state index contributed by atoms with van der Waals surface area (Å²) in [6.07, 6.45) is 2.99. The van der Waals surface area contributed by atoms with Crippen LogP contribution in [0.4, 0.5) is 5.69 Å². The lowest BCUT2D eigenvalue weighted by Gasteiger charge is -2.26. The quantitative estimate of drug-likeness (QED) is 0.847. The van der Waals surface area contributed by atoms with Gasteiger partial charge in [-0.05, 0) is 25.1 Å². The Labute approximate surface area is 119 Å². The Morgan fingerprint density at radius 1 is 1.15 bits per heavy atom. The van der Waals surface area contributed by atoms with Crippen molar-refractivity contribution in [2.24, 2.45) is 0 Å². The minimum Gasteiger partial charge on any atom is -0.383 e. The normalized spacial score (nSPS) is 16.4. The summed E-state index contributed by atoms with van der Waals surface area (Å²) >= 11 is 0. The molecule has 20 heavy (non-hydrogen) atoms. The third-order valence-electron chi connectivity index (χ3n) is 3.70. The first kappa shape index (κ1) is 13.3. The number of pyridine rings is 1. The van der Waals surface area contributed by atoms with Gasteiger partial charge in [-0.15, -0.1) is 0 Å². The maximum Gasteiger partial charge on any atom is 0.0933 e. The second kappa shape index (κ2) is 6.68. The monoisotopic (exact) mass is 271 g/mol. The third kappa shape index (κ3) is 3.26. The van der Waals surface area contributed by atoms with E-state index in [0.29, 0.717) is 0 Å². The van der Waals surface area contributed by atoms with Crippen LogP contribution in [-0.4, -0.2) is 49.3 Å². The van der Waals surface area contributed by atoms with Crippen LogP contribution in [0.15, 0.2) is 36.5 Å². The lowest BCUT2D eigenvalue weighted by Crippen LogP contribution is -2.37. The predicted molar refractivity (Wildman–Crippen MR) is 82.1 cm³/mol. The molecule has 4 heteroatoms. The van der Waals surface area contributed by atoms with Crippen molar-refractivity contribution in [3.63, 3.8) is 0 Å². The molecule has 1 fully saturated rings. The fourth-order valence-corrected chi connectivity index (χ4v) is 2.60. The molecule has 4 nitrogen and oxygen atoms in total. The van der Waals surface area contributed by atoms with Crippen LogP contribution in [0, 0.1) is 0 Å². The maximum absolute atomic E-state index is 5.36. The van der Waals surface area contributed by atoms with Crippen molar-refractivity contribution in [3.8, 4) is 0 Å². The van der Waals surface area contributed by atoms with Gasteiger partial charge in [0.1, 0.15) is 0 Å². The molecule has 0 aliphatic carbocycles. The van der Waals surface area contributed by atoms with E-state index < -0.39 is 0 Å². The number of aromatic nitrogens is 1. The summed E-state index contributed by atoms with van der Waals surface area (Å²) in [5.74, 6) is 0. The van der Waals surface area contributed by atoms with Gasteiger partial charge in [0.15, 0.2) is 0 Å². The van der Waals surface area contributed by atoms with Gasteiger partial charge in [0, 0.05) is 31.2 Å². The van der Waals surface area contributed by atoms with E-state index in [1.54, 1.807) is 0 Å². The van der Waals surface area contributed by atoms with Gasteiger partial charge < -0.3 is 10.1 Å². The SMILES string of the molecule is c1cnc2c(NCCCN3CCOCC3)cccc2c1. The number of rotatable bonds is 5. The molecule has 1 aromatic heterocycles. The van der Waals surface area contributed by atoms with Gasteiger partial charge in [-0.25, -0.2) is 0 Å².